The molecule has 2 unspecified atom stereocenters. The molecule has 0 aromatic rings. The first-order valence-electron chi connectivity index (χ1n) is 5.71. The van der Waals surface area contributed by atoms with Gasteiger partial charge in [-0.3, -0.25) is 9.59 Å². The van der Waals surface area contributed by atoms with Crippen molar-refractivity contribution in [3.05, 3.63) is 0 Å². The van der Waals surface area contributed by atoms with Gasteiger partial charge in [-0.15, -0.1) is 0 Å². The quantitative estimate of drug-likeness (QED) is 0.216. The predicted molar refractivity (Wildman–Crippen MR) is 65.5 cm³/mol. The van der Waals surface area contributed by atoms with E-state index in [0.29, 0.717) is 0 Å². The van der Waals surface area contributed by atoms with Crippen LogP contribution in [0.25, 0.3) is 0 Å². The number of aliphatic carboxylic acids is 2. The molecule has 2 atom stereocenters. The van der Waals surface area contributed by atoms with Crippen LogP contribution >= 0.6 is 0 Å². The van der Waals surface area contributed by atoms with Gasteiger partial charge in [0.1, 0.15) is 12.1 Å². The highest BCUT2D eigenvalue weighted by atomic mass is 16.6. The fourth-order valence-corrected chi connectivity index (χ4v) is 1.28. The van der Waals surface area contributed by atoms with E-state index in [2.05, 4.69) is 4.74 Å². The van der Waals surface area contributed by atoms with Crippen LogP contribution in [-0.4, -0.2) is 68.6 Å². The third-order valence-corrected chi connectivity index (χ3v) is 2.12. The second kappa shape index (κ2) is 8.81. The molecule has 0 aromatic carbocycles. The van der Waals surface area contributed by atoms with E-state index in [1.165, 1.54) is 10.6 Å². The van der Waals surface area contributed by atoms with Crippen molar-refractivity contribution in [3.8, 4) is 0 Å². The van der Waals surface area contributed by atoms with Gasteiger partial charge in [-0.1, -0.05) is 0 Å². The molecule has 0 bridgehead atoms. The number of hydrogen-bond donors (Lipinski definition) is 6. The molecule has 0 fully saturated rings. The maximum atomic E-state index is 11.5. The number of hydrogen-bond acceptors (Lipinski definition) is 7. The number of carbonyl (C=O) groups excluding carboxylic acids is 2. The first kappa shape index (κ1) is 19.6. The average molecular weight is 336 g/mol. The zero-order chi connectivity index (χ0) is 18.2. The maximum Gasteiger partial charge on any atom is 0.405 e. The number of amides is 2. The van der Waals surface area contributed by atoms with E-state index in [9.17, 15) is 28.8 Å². The molecule has 0 heterocycles. The van der Waals surface area contributed by atoms with Crippen molar-refractivity contribution >= 4 is 36.1 Å². The molecular weight excluding hydrogens is 324 g/mol. The van der Waals surface area contributed by atoms with Crippen LogP contribution in [0.2, 0.25) is 0 Å². The molecule has 13 nitrogen and oxygen atoms in total. The number of carbonyl (C=O) groups is 6. The van der Waals surface area contributed by atoms with Crippen LogP contribution in [0.15, 0.2) is 0 Å². The number of carboxylic acid groups (broad SMARTS) is 4. The lowest BCUT2D eigenvalue weighted by Crippen LogP contribution is -2.47. The molecule has 0 aromatic heterocycles. The van der Waals surface area contributed by atoms with E-state index in [4.69, 9.17) is 20.4 Å². The molecule has 0 aliphatic rings. The second-order valence-electron chi connectivity index (χ2n) is 3.94. The van der Waals surface area contributed by atoms with Crippen molar-refractivity contribution in [2.45, 2.75) is 24.9 Å². The van der Waals surface area contributed by atoms with Crippen LogP contribution in [0.3, 0.4) is 0 Å². The number of ether oxygens (including phenoxy) is 1. The summed E-state index contributed by atoms with van der Waals surface area (Å²) in [4.78, 5) is 65.0. The van der Waals surface area contributed by atoms with Gasteiger partial charge in [0.2, 0.25) is 0 Å². The van der Waals surface area contributed by atoms with Crippen LogP contribution in [0, 0.1) is 0 Å². The predicted octanol–water partition coefficient (Wildman–Crippen LogP) is -1.72. The van der Waals surface area contributed by atoms with Gasteiger partial charge >= 0.3 is 36.1 Å². The van der Waals surface area contributed by atoms with Crippen molar-refractivity contribution in [2.75, 3.05) is 0 Å². The van der Waals surface area contributed by atoms with Gasteiger partial charge < -0.3 is 35.8 Å². The summed E-state index contributed by atoms with van der Waals surface area (Å²) in [6, 6.07) is -3.88. The Morgan fingerprint density at radius 1 is 0.696 bits per heavy atom. The first-order chi connectivity index (χ1) is 10.5. The average Bonchev–Trinajstić information content (AvgIpc) is 2.34. The SMILES string of the molecule is O=C(O)CC(NC(=O)O)C(=O)OC(=O)C(CC(=O)O)NC(=O)O. The van der Waals surface area contributed by atoms with Gasteiger partial charge in [-0.25, -0.2) is 19.2 Å². The summed E-state index contributed by atoms with van der Waals surface area (Å²) in [5, 5.41) is 37.0. The lowest BCUT2D eigenvalue weighted by Gasteiger charge is -2.16. The summed E-state index contributed by atoms with van der Waals surface area (Å²) in [6.45, 7) is 0. The third-order valence-electron chi connectivity index (χ3n) is 2.12. The Morgan fingerprint density at radius 3 is 1.22 bits per heavy atom. The molecule has 0 spiro atoms. The minimum Gasteiger partial charge on any atom is -0.481 e. The zero-order valence-corrected chi connectivity index (χ0v) is 11.2. The molecule has 0 rings (SSSR count). The van der Waals surface area contributed by atoms with E-state index in [1.807, 2.05) is 0 Å². The van der Waals surface area contributed by atoms with E-state index < -0.39 is 61.0 Å². The van der Waals surface area contributed by atoms with Crippen molar-refractivity contribution in [3.63, 3.8) is 0 Å². The summed E-state index contributed by atoms with van der Waals surface area (Å²) in [6.07, 6.45) is -5.64. The van der Waals surface area contributed by atoms with Crippen LogP contribution in [0.1, 0.15) is 12.8 Å². The molecule has 0 aliphatic heterocycles. The van der Waals surface area contributed by atoms with Gasteiger partial charge in [-0.05, 0) is 0 Å². The summed E-state index contributed by atoms with van der Waals surface area (Å²) in [5.41, 5.74) is 0. The van der Waals surface area contributed by atoms with E-state index in [0.717, 1.165) is 0 Å². The number of rotatable bonds is 8. The van der Waals surface area contributed by atoms with Gasteiger partial charge in [-0.2, -0.15) is 0 Å². The molecule has 13 heteroatoms. The third kappa shape index (κ3) is 8.49. The number of carboxylic acids is 2. The molecule has 0 aliphatic carbocycles. The Bertz CT molecular complexity index is 451. The Kier molecular flexibility index (Phi) is 7.51. The van der Waals surface area contributed by atoms with Crippen molar-refractivity contribution < 1.29 is 53.9 Å². The highest BCUT2D eigenvalue weighted by Gasteiger charge is 2.32. The summed E-state index contributed by atoms with van der Waals surface area (Å²) < 4.78 is 4.12. The number of nitrogens with one attached hydrogen (secondary N) is 2. The summed E-state index contributed by atoms with van der Waals surface area (Å²) in [5.74, 6) is -6.41. The Balaban J connectivity index is 4.99. The van der Waals surface area contributed by atoms with Crippen LogP contribution in [0.5, 0.6) is 0 Å². The van der Waals surface area contributed by atoms with Crippen molar-refractivity contribution in [2.24, 2.45) is 0 Å². The smallest absolute Gasteiger partial charge is 0.405 e. The lowest BCUT2D eigenvalue weighted by atomic mass is 10.2. The molecule has 0 saturated carbocycles. The van der Waals surface area contributed by atoms with Crippen LogP contribution in [0.4, 0.5) is 9.59 Å². The van der Waals surface area contributed by atoms with Crippen LogP contribution in [-0.2, 0) is 23.9 Å². The van der Waals surface area contributed by atoms with E-state index in [1.54, 1.807) is 0 Å². The summed E-state index contributed by atoms with van der Waals surface area (Å²) >= 11 is 0. The summed E-state index contributed by atoms with van der Waals surface area (Å²) in [7, 11) is 0. The fourth-order valence-electron chi connectivity index (χ4n) is 1.28. The molecule has 2 amide bonds. The molecule has 6 N–H and O–H groups in total. The Hall–Kier alpha value is -3.38. The van der Waals surface area contributed by atoms with E-state index >= 15 is 0 Å². The molecule has 23 heavy (non-hydrogen) atoms. The normalized spacial score (nSPS) is 12.3. The zero-order valence-electron chi connectivity index (χ0n) is 11.2. The molecule has 128 valence electrons. The highest BCUT2D eigenvalue weighted by molar-refractivity contribution is 5.96. The fraction of sp³-hybridized carbons (Fsp3) is 0.400. The van der Waals surface area contributed by atoms with E-state index in [-0.39, 0.29) is 0 Å². The Labute approximate surface area is 126 Å². The van der Waals surface area contributed by atoms with Gasteiger partial charge in [0.25, 0.3) is 0 Å². The second-order valence-corrected chi connectivity index (χ2v) is 3.94. The van der Waals surface area contributed by atoms with Crippen LogP contribution < -0.4 is 10.6 Å². The monoisotopic (exact) mass is 336 g/mol. The minimum absolute atomic E-state index is 1.05. The first-order valence-corrected chi connectivity index (χ1v) is 5.71. The van der Waals surface area contributed by atoms with Gasteiger partial charge in [0.15, 0.2) is 0 Å². The van der Waals surface area contributed by atoms with Gasteiger partial charge in [0.05, 0.1) is 12.8 Å². The molecular formula is C10H12N2O11. The van der Waals surface area contributed by atoms with Crippen molar-refractivity contribution in [1.82, 2.24) is 10.6 Å². The highest BCUT2D eigenvalue weighted by Crippen LogP contribution is 2.02. The lowest BCUT2D eigenvalue weighted by molar-refractivity contribution is -0.165. The van der Waals surface area contributed by atoms with Crippen molar-refractivity contribution in [1.29, 1.82) is 0 Å². The Morgan fingerprint density at radius 2 is 1.00 bits per heavy atom. The topological polar surface area (TPSA) is 217 Å². The standard InChI is InChI=1S/C10H12N2O11/c13-5(14)1-3(11-9(19)20)7(17)23-8(18)4(2-6(15)16)12-10(21)22/h3-4,11-12H,1-2H2,(H,13,14)(H,15,16)(H,19,20)(H,21,22). The maximum absolute atomic E-state index is 11.5. The molecule has 0 radical (unpaired) electrons. The molecule has 0 saturated heterocycles. The number of esters is 2. The largest absolute Gasteiger partial charge is 0.481 e. The van der Waals surface area contributed by atoms with Gasteiger partial charge in [0, 0.05) is 0 Å². The minimum atomic E-state index is -1.94.